The lowest BCUT2D eigenvalue weighted by Gasteiger charge is -2.19. The summed E-state index contributed by atoms with van der Waals surface area (Å²) >= 11 is 0. The standard InChI is InChI=1S/C21H21N3O3/c1-13-6-7-17(21(26)27)20(23-13)24-11-15(19(25)12-24)10-14-8-9-22-18-5-3-2-4-16(14)18/h2-9,15,19,25H,10-12H2,1H3,(H,26,27)/t15-,19-/m1/s1. The van der Waals surface area contributed by atoms with Gasteiger partial charge < -0.3 is 15.1 Å². The first-order valence-corrected chi connectivity index (χ1v) is 8.99. The number of aryl methyl sites for hydroxylation is 1. The zero-order chi connectivity index (χ0) is 19.0. The summed E-state index contributed by atoms with van der Waals surface area (Å²) in [5.74, 6) is -0.570. The smallest absolute Gasteiger partial charge is 0.339 e. The van der Waals surface area contributed by atoms with Crippen LogP contribution in [0.3, 0.4) is 0 Å². The molecular weight excluding hydrogens is 342 g/mol. The highest BCUT2D eigenvalue weighted by atomic mass is 16.4. The Morgan fingerprint density at radius 1 is 1.19 bits per heavy atom. The number of aliphatic hydroxyl groups excluding tert-OH is 1. The molecule has 0 unspecified atom stereocenters. The summed E-state index contributed by atoms with van der Waals surface area (Å²) in [4.78, 5) is 22.3. The molecule has 1 aliphatic rings. The summed E-state index contributed by atoms with van der Waals surface area (Å²) in [7, 11) is 0. The first-order valence-electron chi connectivity index (χ1n) is 8.99. The fourth-order valence-corrected chi connectivity index (χ4v) is 3.79. The van der Waals surface area contributed by atoms with E-state index in [2.05, 4.69) is 9.97 Å². The van der Waals surface area contributed by atoms with Crippen molar-refractivity contribution in [1.29, 1.82) is 0 Å². The van der Waals surface area contributed by atoms with Crippen molar-refractivity contribution >= 4 is 22.7 Å². The van der Waals surface area contributed by atoms with E-state index in [-0.39, 0.29) is 11.5 Å². The summed E-state index contributed by atoms with van der Waals surface area (Å²) in [6, 6.07) is 13.2. The summed E-state index contributed by atoms with van der Waals surface area (Å²) in [6.07, 6.45) is 1.96. The molecule has 0 bridgehead atoms. The molecule has 0 radical (unpaired) electrons. The zero-order valence-electron chi connectivity index (χ0n) is 15.0. The molecule has 1 aliphatic heterocycles. The molecule has 1 aromatic carbocycles. The Morgan fingerprint density at radius 3 is 2.81 bits per heavy atom. The predicted octanol–water partition coefficient (Wildman–Crippen LogP) is 2.68. The lowest BCUT2D eigenvalue weighted by Crippen LogP contribution is -2.24. The van der Waals surface area contributed by atoms with E-state index in [4.69, 9.17) is 0 Å². The molecule has 0 spiro atoms. The number of carboxylic acid groups (broad SMARTS) is 1. The first-order chi connectivity index (χ1) is 13.0. The maximum Gasteiger partial charge on any atom is 0.339 e. The van der Waals surface area contributed by atoms with Crippen LogP contribution in [0.5, 0.6) is 0 Å². The Balaban J connectivity index is 1.61. The number of aliphatic hydroxyl groups is 1. The second-order valence-electron chi connectivity index (χ2n) is 7.05. The first kappa shape index (κ1) is 17.4. The fourth-order valence-electron chi connectivity index (χ4n) is 3.79. The van der Waals surface area contributed by atoms with Crippen molar-refractivity contribution in [1.82, 2.24) is 9.97 Å². The van der Waals surface area contributed by atoms with E-state index in [1.807, 2.05) is 42.2 Å². The van der Waals surface area contributed by atoms with Gasteiger partial charge in [-0.05, 0) is 43.2 Å². The second kappa shape index (κ2) is 6.96. The minimum atomic E-state index is -1.00. The van der Waals surface area contributed by atoms with Gasteiger partial charge in [0, 0.05) is 36.3 Å². The van der Waals surface area contributed by atoms with Crippen molar-refractivity contribution in [2.24, 2.45) is 5.92 Å². The molecule has 6 heteroatoms. The van der Waals surface area contributed by atoms with Gasteiger partial charge in [0.25, 0.3) is 0 Å². The molecule has 3 aromatic rings. The molecule has 2 N–H and O–H groups in total. The van der Waals surface area contributed by atoms with Crippen molar-refractivity contribution < 1.29 is 15.0 Å². The molecule has 6 nitrogen and oxygen atoms in total. The van der Waals surface area contributed by atoms with Gasteiger partial charge in [-0.2, -0.15) is 0 Å². The molecule has 0 saturated carbocycles. The average Bonchev–Trinajstić information content (AvgIpc) is 3.02. The number of aromatic carboxylic acids is 1. The Hall–Kier alpha value is -2.99. The summed E-state index contributed by atoms with van der Waals surface area (Å²) in [5.41, 5.74) is 3.01. The van der Waals surface area contributed by atoms with Gasteiger partial charge in [-0.1, -0.05) is 18.2 Å². The number of rotatable bonds is 4. The highest BCUT2D eigenvalue weighted by Gasteiger charge is 2.34. The van der Waals surface area contributed by atoms with Crippen molar-refractivity contribution in [2.75, 3.05) is 18.0 Å². The Morgan fingerprint density at radius 2 is 2.00 bits per heavy atom. The van der Waals surface area contributed by atoms with Gasteiger partial charge in [0.2, 0.25) is 0 Å². The number of benzene rings is 1. The number of carbonyl (C=O) groups is 1. The van der Waals surface area contributed by atoms with Crippen LogP contribution in [0.15, 0.2) is 48.7 Å². The SMILES string of the molecule is Cc1ccc(C(=O)O)c(N2C[C@@H](Cc3ccnc4ccccc34)[C@H](O)C2)n1. The highest BCUT2D eigenvalue weighted by molar-refractivity contribution is 5.93. The van der Waals surface area contributed by atoms with Crippen molar-refractivity contribution in [2.45, 2.75) is 19.4 Å². The largest absolute Gasteiger partial charge is 0.478 e. The van der Waals surface area contributed by atoms with E-state index >= 15 is 0 Å². The third kappa shape index (κ3) is 3.36. The van der Waals surface area contributed by atoms with E-state index < -0.39 is 12.1 Å². The number of carboxylic acids is 1. The molecule has 138 valence electrons. The molecular formula is C21H21N3O3. The number of β-amino-alcohol motifs (C(OH)–C–C–N with tert-alkyl or cyclic N) is 1. The fraction of sp³-hybridized carbons (Fsp3) is 0.286. The minimum Gasteiger partial charge on any atom is -0.478 e. The van der Waals surface area contributed by atoms with Crippen LogP contribution < -0.4 is 4.90 Å². The van der Waals surface area contributed by atoms with Gasteiger partial charge in [0.05, 0.1) is 11.6 Å². The third-order valence-corrected chi connectivity index (χ3v) is 5.17. The number of pyridine rings is 2. The molecule has 0 amide bonds. The van der Waals surface area contributed by atoms with Crippen LogP contribution in [-0.4, -0.2) is 45.3 Å². The van der Waals surface area contributed by atoms with Crippen molar-refractivity contribution in [3.05, 3.63) is 65.5 Å². The van der Waals surface area contributed by atoms with Gasteiger partial charge in [-0.3, -0.25) is 4.98 Å². The van der Waals surface area contributed by atoms with E-state index in [0.29, 0.717) is 25.3 Å². The molecule has 4 rings (SSSR count). The van der Waals surface area contributed by atoms with Crippen LogP contribution in [0.1, 0.15) is 21.6 Å². The third-order valence-electron chi connectivity index (χ3n) is 5.17. The van der Waals surface area contributed by atoms with Crippen molar-refractivity contribution in [3.8, 4) is 0 Å². The van der Waals surface area contributed by atoms with E-state index in [9.17, 15) is 15.0 Å². The molecule has 3 heterocycles. The van der Waals surface area contributed by atoms with Crippen LogP contribution in [0.25, 0.3) is 10.9 Å². The monoisotopic (exact) mass is 363 g/mol. The number of hydrogen-bond acceptors (Lipinski definition) is 5. The van der Waals surface area contributed by atoms with Crippen LogP contribution >= 0.6 is 0 Å². The van der Waals surface area contributed by atoms with E-state index in [1.54, 1.807) is 18.3 Å². The van der Waals surface area contributed by atoms with Crippen LogP contribution in [0, 0.1) is 12.8 Å². The predicted molar refractivity (Wildman–Crippen MR) is 103 cm³/mol. The number of aromatic nitrogens is 2. The highest BCUT2D eigenvalue weighted by Crippen LogP contribution is 2.29. The van der Waals surface area contributed by atoms with E-state index in [1.165, 1.54) is 0 Å². The molecule has 2 atom stereocenters. The van der Waals surface area contributed by atoms with Gasteiger partial charge in [-0.15, -0.1) is 0 Å². The molecule has 0 aliphatic carbocycles. The summed E-state index contributed by atoms with van der Waals surface area (Å²) < 4.78 is 0. The number of anilines is 1. The van der Waals surface area contributed by atoms with Crippen LogP contribution in [0.4, 0.5) is 5.82 Å². The average molecular weight is 363 g/mol. The summed E-state index contributed by atoms with van der Waals surface area (Å²) in [6.45, 7) is 2.78. The molecule has 27 heavy (non-hydrogen) atoms. The minimum absolute atomic E-state index is 0.000219. The lowest BCUT2D eigenvalue weighted by atomic mass is 9.94. The number of hydrogen-bond donors (Lipinski definition) is 2. The normalized spacial score (nSPS) is 19.6. The maximum atomic E-state index is 11.6. The summed E-state index contributed by atoms with van der Waals surface area (Å²) in [5, 5.41) is 21.2. The number of nitrogens with zero attached hydrogens (tertiary/aromatic N) is 3. The van der Waals surface area contributed by atoms with Gasteiger partial charge in [0.1, 0.15) is 11.4 Å². The Kier molecular flexibility index (Phi) is 4.49. The lowest BCUT2D eigenvalue weighted by molar-refractivity contribution is 0.0697. The molecule has 1 fully saturated rings. The van der Waals surface area contributed by atoms with Gasteiger partial charge in [0.15, 0.2) is 0 Å². The Labute approximate surface area is 157 Å². The molecule has 1 saturated heterocycles. The molecule has 2 aromatic heterocycles. The second-order valence-corrected chi connectivity index (χ2v) is 7.05. The van der Waals surface area contributed by atoms with Crippen LogP contribution in [-0.2, 0) is 6.42 Å². The maximum absolute atomic E-state index is 11.6. The van der Waals surface area contributed by atoms with Crippen LogP contribution in [0.2, 0.25) is 0 Å². The number of fused-ring (bicyclic) bond motifs is 1. The van der Waals surface area contributed by atoms with Crippen molar-refractivity contribution in [3.63, 3.8) is 0 Å². The Bertz CT molecular complexity index is 1000. The van der Waals surface area contributed by atoms with E-state index in [0.717, 1.165) is 22.2 Å². The zero-order valence-corrected chi connectivity index (χ0v) is 15.0. The van der Waals surface area contributed by atoms with Gasteiger partial charge >= 0.3 is 5.97 Å². The van der Waals surface area contributed by atoms with Gasteiger partial charge in [-0.25, -0.2) is 9.78 Å². The topological polar surface area (TPSA) is 86.5 Å². The number of para-hydroxylation sites is 1. The quantitative estimate of drug-likeness (QED) is 0.741.